The molecule has 0 aromatic carbocycles. The molecule has 2 rings (SSSR count). The Balaban J connectivity index is 2.25. The number of nitrogens with one attached hydrogen (secondary N) is 1. The van der Waals surface area contributed by atoms with Crippen LogP contribution in [0.2, 0.25) is 0 Å². The van der Waals surface area contributed by atoms with Crippen LogP contribution in [0.5, 0.6) is 0 Å². The van der Waals surface area contributed by atoms with Crippen LogP contribution < -0.4 is 10.2 Å². The van der Waals surface area contributed by atoms with Crippen molar-refractivity contribution in [1.29, 1.82) is 0 Å². The van der Waals surface area contributed by atoms with Crippen molar-refractivity contribution in [3.63, 3.8) is 0 Å². The van der Waals surface area contributed by atoms with Crippen LogP contribution in [-0.4, -0.2) is 31.7 Å². The molecule has 6 heteroatoms. The Hall–Kier alpha value is -1.30. The molecule has 1 aromatic rings. The highest BCUT2D eigenvalue weighted by Gasteiger charge is 2.39. The lowest BCUT2D eigenvalue weighted by atomic mass is 9.90. The highest BCUT2D eigenvalue weighted by atomic mass is 19.4. The highest BCUT2D eigenvalue weighted by Crippen LogP contribution is 2.39. The lowest BCUT2D eigenvalue weighted by molar-refractivity contribution is -0.137. The average Bonchev–Trinajstić information content (AvgIpc) is 2.71. The summed E-state index contributed by atoms with van der Waals surface area (Å²) in [6, 6.07) is 2.42. The number of aromatic nitrogens is 1. The molecule has 1 aliphatic heterocycles. The van der Waals surface area contributed by atoms with Crippen molar-refractivity contribution in [2.45, 2.75) is 19.5 Å². The van der Waals surface area contributed by atoms with Gasteiger partial charge in [-0.1, -0.05) is 6.92 Å². The minimum atomic E-state index is -4.36. The fraction of sp³-hybridized carbons (Fsp3) is 0.615. The molecule has 1 N–H and O–H groups in total. The first-order chi connectivity index (χ1) is 8.86. The Morgan fingerprint density at radius 3 is 2.84 bits per heavy atom. The zero-order valence-corrected chi connectivity index (χ0v) is 11.1. The molecule has 106 valence electrons. The number of alkyl halides is 3. The molecule has 0 radical (unpaired) electrons. The van der Waals surface area contributed by atoms with E-state index in [1.54, 1.807) is 4.90 Å². The van der Waals surface area contributed by atoms with Gasteiger partial charge in [-0.15, -0.1) is 0 Å². The molecule has 1 aromatic heterocycles. The molecule has 1 saturated heterocycles. The summed E-state index contributed by atoms with van der Waals surface area (Å²) >= 11 is 0. The first kappa shape index (κ1) is 14.1. The van der Waals surface area contributed by atoms with Gasteiger partial charge in [-0.25, -0.2) is 4.98 Å². The normalized spacial score (nSPS) is 23.9. The summed E-state index contributed by atoms with van der Waals surface area (Å²) in [6.07, 6.45) is -2.08. The maximum atomic E-state index is 13.0. The summed E-state index contributed by atoms with van der Waals surface area (Å²) in [4.78, 5) is 5.67. The maximum Gasteiger partial charge on any atom is 0.419 e. The van der Waals surface area contributed by atoms with Crippen molar-refractivity contribution in [2.24, 2.45) is 5.41 Å². The van der Waals surface area contributed by atoms with Crippen LogP contribution >= 0.6 is 0 Å². The minimum absolute atomic E-state index is 0.00482. The predicted molar refractivity (Wildman–Crippen MR) is 68.1 cm³/mol. The van der Waals surface area contributed by atoms with Crippen molar-refractivity contribution in [1.82, 2.24) is 10.3 Å². The maximum absolute atomic E-state index is 13.0. The van der Waals surface area contributed by atoms with Crippen molar-refractivity contribution < 1.29 is 13.2 Å². The summed E-state index contributed by atoms with van der Waals surface area (Å²) in [7, 11) is 1.86. The number of hydrogen-bond acceptors (Lipinski definition) is 3. The molecule has 1 aliphatic rings. The van der Waals surface area contributed by atoms with Gasteiger partial charge in [0.1, 0.15) is 5.82 Å². The van der Waals surface area contributed by atoms with E-state index in [1.807, 2.05) is 7.05 Å². The van der Waals surface area contributed by atoms with Crippen LogP contribution in [0.15, 0.2) is 18.3 Å². The van der Waals surface area contributed by atoms with Gasteiger partial charge in [0.05, 0.1) is 5.56 Å². The second-order valence-electron chi connectivity index (χ2n) is 5.38. The van der Waals surface area contributed by atoms with E-state index in [2.05, 4.69) is 17.2 Å². The number of hydrogen-bond donors (Lipinski definition) is 1. The van der Waals surface area contributed by atoms with Gasteiger partial charge in [0.2, 0.25) is 0 Å². The van der Waals surface area contributed by atoms with Crippen LogP contribution in [0, 0.1) is 5.41 Å². The largest absolute Gasteiger partial charge is 0.419 e. The average molecular weight is 273 g/mol. The van der Waals surface area contributed by atoms with Gasteiger partial charge >= 0.3 is 6.18 Å². The molecule has 1 unspecified atom stereocenters. The predicted octanol–water partition coefficient (Wildman–Crippen LogP) is 2.54. The Kier molecular flexibility index (Phi) is 3.71. The molecular weight excluding hydrogens is 255 g/mol. The van der Waals surface area contributed by atoms with Crippen LogP contribution in [0.4, 0.5) is 19.0 Å². The van der Waals surface area contributed by atoms with Gasteiger partial charge in [-0.3, -0.25) is 0 Å². The van der Waals surface area contributed by atoms with E-state index in [4.69, 9.17) is 0 Å². The lowest BCUT2D eigenvalue weighted by Crippen LogP contribution is -2.34. The van der Waals surface area contributed by atoms with Crippen molar-refractivity contribution >= 4 is 5.82 Å². The second kappa shape index (κ2) is 5.00. The van der Waals surface area contributed by atoms with Gasteiger partial charge < -0.3 is 10.2 Å². The number of pyridine rings is 1. The first-order valence-corrected chi connectivity index (χ1v) is 6.27. The molecular formula is C13H18F3N3. The molecule has 0 aliphatic carbocycles. The zero-order chi connectivity index (χ0) is 14.1. The summed E-state index contributed by atoms with van der Waals surface area (Å²) in [5.74, 6) is 0.0508. The third-order valence-electron chi connectivity index (χ3n) is 3.55. The fourth-order valence-electron chi connectivity index (χ4n) is 2.65. The Morgan fingerprint density at radius 1 is 1.47 bits per heavy atom. The Labute approximate surface area is 110 Å². The van der Waals surface area contributed by atoms with Crippen LogP contribution in [-0.2, 0) is 6.18 Å². The first-order valence-electron chi connectivity index (χ1n) is 6.27. The van der Waals surface area contributed by atoms with E-state index in [0.717, 1.165) is 19.0 Å². The second-order valence-corrected chi connectivity index (χ2v) is 5.38. The minimum Gasteiger partial charge on any atom is -0.355 e. The smallest absolute Gasteiger partial charge is 0.355 e. The van der Waals surface area contributed by atoms with Crippen molar-refractivity contribution in [2.75, 3.05) is 31.6 Å². The summed E-state index contributed by atoms with van der Waals surface area (Å²) in [6.45, 7) is 4.07. The van der Waals surface area contributed by atoms with E-state index in [0.29, 0.717) is 13.1 Å². The Morgan fingerprint density at radius 2 is 2.21 bits per heavy atom. The summed E-state index contributed by atoms with van der Waals surface area (Å²) in [5.41, 5.74) is -0.654. The molecule has 0 bridgehead atoms. The quantitative estimate of drug-likeness (QED) is 0.917. The number of halogens is 3. The van der Waals surface area contributed by atoms with E-state index >= 15 is 0 Å². The standard InChI is InChI=1S/C13H18F3N3/c1-12(8-17-2)5-7-19(9-12)11-10(13(14,15)16)4-3-6-18-11/h3-4,6,17H,5,7-9H2,1-2H3. The molecule has 19 heavy (non-hydrogen) atoms. The van der Waals surface area contributed by atoms with Gasteiger partial charge in [0, 0.05) is 25.8 Å². The SMILES string of the molecule is CNCC1(C)CCN(c2ncccc2C(F)(F)F)C1. The van der Waals surface area contributed by atoms with Crippen molar-refractivity contribution in [3.8, 4) is 0 Å². The molecule has 3 nitrogen and oxygen atoms in total. The number of anilines is 1. The van der Waals surface area contributed by atoms with E-state index < -0.39 is 11.7 Å². The van der Waals surface area contributed by atoms with E-state index in [1.165, 1.54) is 12.3 Å². The third-order valence-corrected chi connectivity index (χ3v) is 3.55. The lowest BCUT2D eigenvalue weighted by Gasteiger charge is -2.26. The van der Waals surface area contributed by atoms with E-state index in [9.17, 15) is 13.2 Å². The molecule has 1 fully saturated rings. The summed E-state index contributed by atoms with van der Waals surface area (Å²) < 4.78 is 38.9. The van der Waals surface area contributed by atoms with Gasteiger partial charge in [-0.2, -0.15) is 13.2 Å². The van der Waals surface area contributed by atoms with Crippen LogP contribution in [0.3, 0.4) is 0 Å². The van der Waals surface area contributed by atoms with Gasteiger partial charge in [0.15, 0.2) is 0 Å². The third kappa shape index (κ3) is 3.00. The Bertz CT molecular complexity index is 447. The topological polar surface area (TPSA) is 28.2 Å². The molecule has 0 saturated carbocycles. The molecule has 0 amide bonds. The van der Waals surface area contributed by atoms with Crippen LogP contribution in [0.1, 0.15) is 18.9 Å². The fourth-order valence-corrected chi connectivity index (χ4v) is 2.65. The zero-order valence-electron chi connectivity index (χ0n) is 11.1. The van der Waals surface area contributed by atoms with Gasteiger partial charge in [-0.05, 0) is 31.0 Å². The number of nitrogens with zero attached hydrogens (tertiary/aromatic N) is 2. The molecule has 1 atom stereocenters. The van der Waals surface area contributed by atoms with Gasteiger partial charge in [0.25, 0.3) is 0 Å². The number of rotatable bonds is 3. The molecule has 0 spiro atoms. The van der Waals surface area contributed by atoms with Crippen molar-refractivity contribution in [3.05, 3.63) is 23.9 Å². The monoisotopic (exact) mass is 273 g/mol. The van der Waals surface area contributed by atoms with E-state index in [-0.39, 0.29) is 11.2 Å². The summed E-state index contributed by atoms with van der Waals surface area (Å²) in [5, 5.41) is 3.10. The highest BCUT2D eigenvalue weighted by molar-refractivity contribution is 5.49. The van der Waals surface area contributed by atoms with Crippen LogP contribution in [0.25, 0.3) is 0 Å². The molecule has 2 heterocycles.